The molecule has 0 heterocycles. The monoisotopic (exact) mass is 481 g/mol. The number of hydrogen-bond donors (Lipinski definition) is 2. The van der Waals surface area contributed by atoms with Gasteiger partial charge in [0, 0.05) is 19.2 Å². The van der Waals surface area contributed by atoms with Crippen molar-refractivity contribution in [1.82, 2.24) is 5.32 Å². The summed E-state index contributed by atoms with van der Waals surface area (Å²) in [5, 5.41) is 5.48. The minimum absolute atomic E-state index is 0.177. The van der Waals surface area contributed by atoms with Gasteiger partial charge in [-0.05, 0) is 42.0 Å². The van der Waals surface area contributed by atoms with Crippen LogP contribution in [-0.4, -0.2) is 46.7 Å². The Morgan fingerprint density at radius 3 is 2.18 bits per heavy atom. The van der Waals surface area contributed by atoms with E-state index in [1.165, 1.54) is 4.31 Å². The smallest absolute Gasteiger partial charge is 0.255 e. The number of sulfonamides is 1. The summed E-state index contributed by atoms with van der Waals surface area (Å²) < 4.78 is 31.0. The Labute approximate surface area is 199 Å². The second-order valence-corrected chi connectivity index (χ2v) is 9.46. The van der Waals surface area contributed by atoms with Crippen molar-refractivity contribution >= 4 is 33.2 Å². The number of hydrogen-bond acceptors (Lipinski definition) is 5. The number of carbonyl (C=O) groups excluding carboxylic acids is 2. The number of anilines is 2. The fourth-order valence-electron chi connectivity index (χ4n) is 3.27. The first-order chi connectivity index (χ1) is 16.3. The Morgan fingerprint density at radius 1 is 0.882 bits per heavy atom. The van der Waals surface area contributed by atoms with E-state index in [4.69, 9.17) is 4.74 Å². The fourth-order valence-corrected chi connectivity index (χ4v) is 4.16. The molecule has 0 aliphatic rings. The second kappa shape index (κ2) is 11.4. The Kier molecular flexibility index (Phi) is 8.39. The quantitative estimate of drug-likeness (QED) is 0.433. The highest BCUT2D eigenvalue weighted by Crippen LogP contribution is 2.22. The van der Waals surface area contributed by atoms with Gasteiger partial charge in [-0.15, -0.1) is 0 Å². The average Bonchev–Trinajstić information content (AvgIpc) is 2.83. The highest BCUT2D eigenvalue weighted by atomic mass is 32.2. The first-order valence-electron chi connectivity index (χ1n) is 10.6. The van der Waals surface area contributed by atoms with Crippen LogP contribution in [0.2, 0.25) is 0 Å². The van der Waals surface area contributed by atoms with Crippen LogP contribution in [0.3, 0.4) is 0 Å². The van der Waals surface area contributed by atoms with E-state index < -0.39 is 15.9 Å². The minimum Gasteiger partial charge on any atom is -0.383 e. The third kappa shape index (κ3) is 6.66. The number of nitrogens with zero attached hydrogens (tertiary/aromatic N) is 1. The standard InChI is InChI=1S/C25H27N3O5S/c1-33-17-16-26-25(30)22-10-6-7-11-23(22)27-24(29)20-12-14-21(15-13-20)28(34(2,31)32)18-19-8-4-3-5-9-19/h3-15H,16-18H2,1-2H3,(H,26,30)(H,27,29). The van der Waals surface area contributed by atoms with Crippen molar-refractivity contribution in [3.05, 3.63) is 95.6 Å². The average molecular weight is 482 g/mol. The molecule has 0 aromatic heterocycles. The summed E-state index contributed by atoms with van der Waals surface area (Å²) in [4.78, 5) is 25.3. The van der Waals surface area contributed by atoms with E-state index in [1.807, 2.05) is 30.3 Å². The van der Waals surface area contributed by atoms with E-state index in [2.05, 4.69) is 10.6 Å². The molecule has 3 aromatic rings. The van der Waals surface area contributed by atoms with Gasteiger partial charge in [-0.3, -0.25) is 13.9 Å². The number of amides is 2. The summed E-state index contributed by atoms with van der Waals surface area (Å²) in [6.45, 7) is 0.900. The van der Waals surface area contributed by atoms with Gasteiger partial charge in [0.2, 0.25) is 10.0 Å². The lowest BCUT2D eigenvalue weighted by Crippen LogP contribution is -2.29. The zero-order valence-electron chi connectivity index (χ0n) is 19.0. The molecule has 0 aliphatic carbocycles. The number of rotatable bonds is 10. The van der Waals surface area contributed by atoms with Gasteiger partial charge in [0.05, 0.1) is 36.3 Å². The fraction of sp³-hybridized carbons (Fsp3) is 0.200. The summed E-state index contributed by atoms with van der Waals surface area (Å²) in [7, 11) is -2.00. The topological polar surface area (TPSA) is 105 Å². The Balaban J connectivity index is 1.76. The first-order valence-corrected chi connectivity index (χ1v) is 12.4. The summed E-state index contributed by atoms with van der Waals surface area (Å²) in [6.07, 6.45) is 1.14. The molecule has 34 heavy (non-hydrogen) atoms. The third-order valence-corrected chi connectivity index (χ3v) is 6.14. The lowest BCUT2D eigenvalue weighted by Gasteiger charge is -2.22. The maximum absolute atomic E-state index is 12.8. The largest absolute Gasteiger partial charge is 0.383 e. The van der Waals surface area contributed by atoms with Crippen LogP contribution >= 0.6 is 0 Å². The first kappa shape index (κ1) is 24.9. The van der Waals surface area contributed by atoms with Crippen molar-refractivity contribution in [3.8, 4) is 0 Å². The number of benzene rings is 3. The Morgan fingerprint density at radius 2 is 1.53 bits per heavy atom. The number of para-hydroxylation sites is 1. The molecule has 0 saturated heterocycles. The van der Waals surface area contributed by atoms with Crippen molar-refractivity contribution in [2.75, 3.05) is 36.1 Å². The molecule has 0 spiro atoms. The molecular weight excluding hydrogens is 454 g/mol. The van der Waals surface area contributed by atoms with Crippen LogP contribution in [0, 0.1) is 0 Å². The number of methoxy groups -OCH3 is 1. The number of ether oxygens (including phenoxy) is 1. The van der Waals surface area contributed by atoms with Crippen LogP contribution in [0.1, 0.15) is 26.3 Å². The van der Waals surface area contributed by atoms with Crippen molar-refractivity contribution in [2.45, 2.75) is 6.54 Å². The molecule has 178 valence electrons. The minimum atomic E-state index is -3.54. The zero-order chi connectivity index (χ0) is 24.6. The SMILES string of the molecule is COCCNC(=O)c1ccccc1NC(=O)c1ccc(N(Cc2ccccc2)S(C)(=O)=O)cc1. The molecule has 9 heteroatoms. The van der Waals surface area contributed by atoms with Gasteiger partial charge in [0.1, 0.15) is 0 Å². The molecule has 0 saturated carbocycles. The predicted molar refractivity (Wildman–Crippen MR) is 133 cm³/mol. The van der Waals surface area contributed by atoms with Crippen LogP contribution in [0.25, 0.3) is 0 Å². The van der Waals surface area contributed by atoms with Gasteiger partial charge in [-0.25, -0.2) is 8.42 Å². The molecule has 0 unspecified atom stereocenters. The van der Waals surface area contributed by atoms with Crippen LogP contribution in [0.4, 0.5) is 11.4 Å². The maximum atomic E-state index is 12.8. The van der Waals surface area contributed by atoms with Crippen LogP contribution in [-0.2, 0) is 21.3 Å². The van der Waals surface area contributed by atoms with E-state index in [-0.39, 0.29) is 12.5 Å². The molecule has 3 rings (SSSR count). The van der Waals surface area contributed by atoms with E-state index in [0.717, 1.165) is 11.8 Å². The molecule has 2 N–H and O–H groups in total. The molecule has 0 atom stereocenters. The third-order valence-electron chi connectivity index (χ3n) is 5.00. The summed E-state index contributed by atoms with van der Waals surface area (Å²) in [5.41, 5.74) is 2.31. The highest BCUT2D eigenvalue weighted by Gasteiger charge is 2.19. The van der Waals surface area contributed by atoms with Crippen LogP contribution in [0.15, 0.2) is 78.9 Å². The predicted octanol–water partition coefficient (Wildman–Crippen LogP) is 3.28. The molecule has 0 bridgehead atoms. The summed E-state index contributed by atoms with van der Waals surface area (Å²) in [5.74, 6) is -0.745. The van der Waals surface area contributed by atoms with E-state index in [9.17, 15) is 18.0 Å². The van der Waals surface area contributed by atoms with E-state index in [0.29, 0.717) is 35.7 Å². The number of carbonyl (C=O) groups is 2. The lowest BCUT2D eigenvalue weighted by molar-refractivity contribution is 0.0938. The van der Waals surface area contributed by atoms with E-state index >= 15 is 0 Å². The van der Waals surface area contributed by atoms with Gasteiger partial charge in [-0.2, -0.15) is 0 Å². The zero-order valence-corrected chi connectivity index (χ0v) is 19.8. The van der Waals surface area contributed by atoms with Gasteiger partial charge in [-0.1, -0.05) is 42.5 Å². The maximum Gasteiger partial charge on any atom is 0.255 e. The summed E-state index contributed by atoms with van der Waals surface area (Å²) in [6, 6.07) is 22.2. The molecule has 0 fully saturated rings. The molecule has 3 aromatic carbocycles. The van der Waals surface area contributed by atoms with E-state index in [1.54, 1.807) is 55.6 Å². The molecule has 2 amide bonds. The normalized spacial score (nSPS) is 11.0. The number of nitrogens with one attached hydrogen (secondary N) is 2. The Hall–Kier alpha value is -3.69. The lowest BCUT2D eigenvalue weighted by atomic mass is 10.1. The van der Waals surface area contributed by atoms with Crippen molar-refractivity contribution in [3.63, 3.8) is 0 Å². The molecule has 0 radical (unpaired) electrons. The van der Waals surface area contributed by atoms with Crippen LogP contribution in [0.5, 0.6) is 0 Å². The molecule has 0 aliphatic heterocycles. The molecular formula is C25H27N3O5S. The van der Waals surface area contributed by atoms with Crippen molar-refractivity contribution in [1.29, 1.82) is 0 Å². The van der Waals surface area contributed by atoms with Crippen molar-refractivity contribution in [2.24, 2.45) is 0 Å². The van der Waals surface area contributed by atoms with Gasteiger partial charge < -0.3 is 15.4 Å². The summed E-state index contributed by atoms with van der Waals surface area (Å²) >= 11 is 0. The molecule has 8 nitrogen and oxygen atoms in total. The van der Waals surface area contributed by atoms with Gasteiger partial charge in [0.15, 0.2) is 0 Å². The van der Waals surface area contributed by atoms with Crippen LogP contribution < -0.4 is 14.9 Å². The van der Waals surface area contributed by atoms with Gasteiger partial charge >= 0.3 is 0 Å². The second-order valence-electron chi connectivity index (χ2n) is 7.55. The van der Waals surface area contributed by atoms with Gasteiger partial charge in [0.25, 0.3) is 11.8 Å². The highest BCUT2D eigenvalue weighted by molar-refractivity contribution is 7.92. The Bertz CT molecular complexity index is 1230. The van der Waals surface area contributed by atoms with Crippen molar-refractivity contribution < 1.29 is 22.7 Å².